The van der Waals surface area contributed by atoms with E-state index in [1.807, 2.05) is 16.9 Å². The molecule has 0 saturated carbocycles. The topological polar surface area (TPSA) is 3.24 Å². The molecule has 0 aliphatic carbocycles. The Hall–Kier alpha value is 0.518. The molecule has 3 saturated heterocycles. The van der Waals surface area contributed by atoms with Gasteiger partial charge >= 0.3 is 64.9 Å². The van der Waals surface area contributed by atoms with Gasteiger partial charge in [-0.15, -0.1) is 0 Å². The van der Waals surface area contributed by atoms with E-state index in [-0.39, 0.29) is 0 Å². The van der Waals surface area contributed by atoms with Gasteiger partial charge in [0.15, 0.2) is 0 Å². The van der Waals surface area contributed by atoms with Crippen LogP contribution in [0.2, 0.25) is 4.71 Å². The quantitative estimate of drug-likeness (QED) is 0.487. The Morgan fingerprint density at radius 2 is 1.89 bits per heavy atom. The minimum absolute atomic E-state index is 1.06. The Morgan fingerprint density at radius 3 is 2.11 bits per heavy atom. The van der Waals surface area contributed by atoms with Crippen LogP contribution in [0.1, 0.15) is 12.8 Å². The van der Waals surface area contributed by atoms with E-state index in [9.17, 15) is 0 Å². The third-order valence-corrected chi connectivity index (χ3v) is 4.29. The average molecular weight is 187 g/mol. The number of fused-ring (bicyclic) bond motifs is 3. The van der Waals surface area contributed by atoms with Gasteiger partial charge in [-0.2, -0.15) is 0 Å². The van der Waals surface area contributed by atoms with E-state index in [4.69, 9.17) is 0 Å². The van der Waals surface area contributed by atoms with E-state index in [2.05, 4.69) is 4.90 Å². The summed E-state index contributed by atoms with van der Waals surface area (Å²) in [5.41, 5.74) is 0. The maximum atomic E-state index is 2.62. The summed E-state index contributed by atoms with van der Waals surface area (Å²) < 4.78 is 1.06. The summed E-state index contributed by atoms with van der Waals surface area (Å²) in [6.07, 6.45) is 2.98. The molecule has 0 aromatic rings. The second-order valence-corrected chi connectivity index (χ2v) is 5.10. The first-order valence-corrected chi connectivity index (χ1v) is 5.24. The van der Waals surface area contributed by atoms with Gasteiger partial charge in [-0.05, 0) is 0 Å². The average Bonchev–Trinajstić information content (AvgIpc) is 1.90. The molecule has 2 bridgehead atoms. The van der Waals surface area contributed by atoms with Gasteiger partial charge in [0, 0.05) is 0 Å². The Balaban J connectivity index is 2.06. The summed E-state index contributed by atoms with van der Waals surface area (Å²) in [4.78, 5) is 2.62. The van der Waals surface area contributed by atoms with E-state index in [0.29, 0.717) is 0 Å². The zero-order valence-corrected chi connectivity index (χ0v) is 8.14. The number of hydrogen-bond acceptors (Lipinski definition) is 1. The summed E-state index contributed by atoms with van der Waals surface area (Å²) in [5, 5.41) is 0. The Bertz CT molecular complexity index is 107. The van der Waals surface area contributed by atoms with Crippen LogP contribution < -0.4 is 0 Å². The van der Waals surface area contributed by atoms with Crippen molar-refractivity contribution in [3.8, 4) is 0 Å². The van der Waals surface area contributed by atoms with Crippen molar-refractivity contribution >= 4 is 16.9 Å². The van der Waals surface area contributed by atoms with E-state index in [0.717, 1.165) is 10.6 Å². The van der Waals surface area contributed by atoms with Crippen molar-refractivity contribution in [2.45, 2.75) is 17.5 Å². The maximum absolute atomic E-state index is 2.62. The molecule has 9 heavy (non-hydrogen) atoms. The van der Waals surface area contributed by atoms with Gasteiger partial charge in [0.05, 0.1) is 0 Å². The van der Waals surface area contributed by atoms with Crippen molar-refractivity contribution in [3.63, 3.8) is 0 Å². The van der Waals surface area contributed by atoms with Gasteiger partial charge in [-0.1, -0.05) is 0 Å². The van der Waals surface area contributed by atoms with Gasteiger partial charge < -0.3 is 0 Å². The Morgan fingerprint density at radius 1 is 1.22 bits per heavy atom. The molecule has 3 heterocycles. The van der Waals surface area contributed by atoms with Crippen LogP contribution in [0.3, 0.4) is 0 Å². The van der Waals surface area contributed by atoms with Gasteiger partial charge in [0.25, 0.3) is 0 Å². The molecule has 0 amide bonds. The first kappa shape index (κ1) is 6.24. The Labute approximate surface area is 65.3 Å². The van der Waals surface area contributed by atoms with E-state index >= 15 is 0 Å². The summed E-state index contributed by atoms with van der Waals surface area (Å²) in [5.74, 6) is 1.11. The number of nitrogens with zero attached hydrogens (tertiary/aromatic N) is 1. The standard InChI is InChI=1S/C7H14AsN/c8-7-5-9-3-1-6(7)2-4-9/h6-7H,1-5,8H2. The monoisotopic (exact) mass is 187 g/mol. The molecule has 0 aromatic carbocycles. The van der Waals surface area contributed by atoms with Crippen molar-refractivity contribution in [3.05, 3.63) is 0 Å². The molecule has 0 aromatic heterocycles. The van der Waals surface area contributed by atoms with Crippen LogP contribution in [0, 0.1) is 5.92 Å². The number of hydrogen-bond donors (Lipinski definition) is 0. The third kappa shape index (κ3) is 1.06. The summed E-state index contributed by atoms with van der Waals surface area (Å²) in [6, 6.07) is 0. The van der Waals surface area contributed by atoms with Crippen LogP contribution in [0.25, 0.3) is 0 Å². The summed E-state index contributed by atoms with van der Waals surface area (Å²) in [7, 11) is 0. The van der Waals surface area contributed by atoms with Crippen LogP contribution in [-0.4, -0.2) is 41.4 Å². The number of rotatable bonds is 0. The van der Waals surface area contributed by atoms with E-state index < -0.39 is 0 Å². The molecule has 3 fully saturated rings. The van der Waals surface area contributed by atoms with Crippen molar-refractivity contribution in [1.82, 2.24) is 4.90 Å². The van der Waals surface area contributed by atoms with E-state index in [1.54, 1.807) is 0 Å². The zero-order chi connectivity index (χ0) is 6.27. The second kappa shape index (κ2) is 2.28. The van der Waals surface area contributed by atoms with Crippen LogP contribution in [-0.2, 0) is 0 Å². The molecule has 2 heteroatoms. The fourth-order valence-corrected chi connectivity index (χ4v) is 3.44. The number of piperidine rings is 3. The molecule has 3 aliphatic rings. The molecule has 3 aliphatic heterocycles. The normalized spacial score (nSPS) is 49.7. The van der Waals surface area contributed by atoms with Crippen molar-refractivity contribution < 1.29 is 0 Å². The molecule has 3 rings (SSSR count). The minimum atomic E-state index is 1.06. The van der Waals surface area contributed by atoms with Gasteiger partial charge in [0.1, 0.15) is 0 Å². The van der Waals surface area contributed by atoms with Crippen molar-refractivity contribution in [2.75, 3.05) is 19.6 Å². The molecule has 0 radical (unpaired) electrons. The Kier molecular flexibility index (Phi) is 1.58. The van der Waals surface area contributed by atoms with Crippen molar-refractivity contribution in [2.24, 2.45) is 5.92 Å². The van der Waals surface area contributed by atoms with Crippen LogP contribution >= 0.6 is 0 Å². The molecule has 2 unspecified atom stereocenters. The predicted octanol–water partition coefficient (Wildman–Crippen LogP) is 0.134. The summed E-state index contributed by atoms with van der Waals surface area (Å²) in [6.45, 7) is 4.20. The first-order valence-electron chi connectivity index (χ1n) is 3.84. The van der Waals surface area contributed by atoms with E-state index in [1.165, 1.54) is 32.5 Å². The van der Waals surface area contributed by atoms with Gasteiger partial charge in [0.2, 0.25) is 0 Å². The molecule has 0 spiro atoms. The SMILES string of the molecule is [AsH2]C1CN2CCC1CC2. The van der Waals surface area contributed by atoms with Gasteiger partial charge in [-0.3, -0.25) is 0 Å². The second-order valence-electron chi connectivity index (χ2n) is 3.30. The van der Waals surface area contributed by atoms with Crippen LogP contribution in [0.5, 0.6) is 0 Å². The van der Waals surface area contributed by atoms with Gasteiger partial charge in [-0.25, -0.2) is 0 Å². The van der Waals surface area contributed by atoms with Crippen molar-refractivity contribution in [1.29, 1.82) is 0 Å². The fraction of sp³-hybridized carbons (Fsp3) is 1.00. The molecular formula is C7H14AsN. The van der Waals surface area contributed by atoms with Crippen LogP contribution in [0.4, 0.5) is 0 Å². The molecule has 52 valence electrons. The molecule has 1 nitrogen and oxygen atoms in total. The molecular weight excluding hydrogens is 173 g/mol. The third-order valence-electron chi connectivity index (χ3n) is 2.71. The first-order chi connectivity index (χ1) is 4.36. The zero-order valence-electron chi connectivity index (χ0n) is 5.71. The molecule has 0 N–H and O–H groups in total. The predicted molar refractivity (Wildman–Crippen MR) is 41.5 cm³/mol. The molecule has 2 atom stereocenters. The summed E-state index contributed by atoms with van der Waals surface area (Å²) >= 11 is 1.96. The van der Waals surface area contributed by atoms with Crippen LogP contribution in [0.15, 0.2) is 0 Å². The fourth-order valence-electron chi connectivity index (χ4n) is 2.01.